The number of imide groups is 1. The van der Waals surface area contributed by atoms with Crippen molar-refractivity contribution in [2.75, 3.05) is 13.3 Å². The molecule has 16 heteroatoms. The number of rotatable bonds is 7. The fourth-order valence-corrected chi connectivity index (χ4v) is 7.07. The van der Waals surface area contributed by atoms with E-state index >= 15 is 0 Å². The van der Waals surface area contributed by atoms with Crippen molar-refractivity contribution in [2.24, 2.45) is 0 Å². The van der Waals surface area contributed by atoms with Crippen LogP contribution in [-0.4, -0.2) is 98.0 Å². The Hall–Kier alpha value is -5.87. The molecular formula is C34H30N4O12. The van der Waals surface area contributed by atoms with Crippen LogP contribution < -0.4 is 0 Å². The van der Waals surface area contributed by atoms with E-state index in [2.05, 4.69) is 9.97 Å². The number of aliphatic hydroxyl groups excluding tert-OH is 1. The lowest BCUT2D eigenvalue weighted by molar-refractivity contribution is -0.267. The van der Waals surface area contributed by atoms with Crippen molar-refractivity contribution in [3.8, 4) is 0 Å². The highest BCUT2D eigenvalue weighted by atomic mass is 16.7. The van der Waals surface area contributed by atoms with Crippen molar-refractivity contribution in [3.05, 3.63) is 53.7 Å². The maximum absolute atomic E-state index is 14.0. The standard InChI is InChI=1S/C34H30N4O12/c1-14(40)46-12-21-28(47-15(2)41)29(48-16(3)42)30(49-17(4)43)34(50-21)38-20-10-6-5-8-18(20)23-25-24(32(44)37(13-39)33(25)45)22-19-9-7-11-35-31(19)36-26(22)27(23)38/h5-11,21,28-30,34,39H,12-13H2,1-4H3,(H,35,36)/t21-,28-,29+,30-,34?/m1/s1. The lowest BCUT2D eigenvalue weighted by atomic mass is 9.96. The zero-order valence-electron chi connectivity index (χ0n) is 27.1. The predicted octanol–water partition coefficient (Wildman–Crippen LogP) is 2.63. The number of carbonyl (C=O) groups excluding carboxylic acids is 6. The van der Waals surface area contributed by atoms with E-state index in [0.29, 0.717) is 43.7 Å². The van der Waals surface area contributed by atoms with Crippen molar-refractivity contribution >= 4 is 79.4 Å². The van der Waals surface area contributed by atoms with E-state index in [1.807, 2.05) is 0 Å². The van der Waals surface area contributed by atoms with E-state index in [0.717, 1.165) is 25.7 Å². The minimum absolute atomic E-state index is 0.0249. The Balaban J connectivity index is 1.61. The van der Waals surface area contributed by atoms with Gasteiger partial charge in [-0.15, -0.1) is 0 Å². The van der Waals surface area contributed by atoms with Crippen LogP contribution in [0, 0.1) is 0 Å². The van der Waals surface area contributed by atoms with E-state index in [1.165, 1.54) is 6.92 Å². The molecule has 1 unspecified atom stereocenters. The number of aliphatic hydroxyl groups is 1. The number of esters is 4. The van der Waals surface area contributed by atoms with Gasteiger partial charge in [0.05, 0.1) is 27.7 Å². The number of pyridine rings is 1. The summed E-state index contributed by atoms with van der Waals surface area (Å²) in [7, 11) is 0. The van der Waals surface area contributed by atoms with Crippen LogP contribution in [-0.2, 0) is 42.9 Å². The molecule has 2 aromatic carbocycles. The third-order valence-electron chi connectivity index (χ3n) is 8.75. The van der Waals surface area contributed by atoms with Crippen LogP contribution in [0.15, 0.2) is 42.6 Å². The highest BCUT2D eigenvalue weighted by molar-refractivity contribution is 6.39. The average molecular weight is 687 g/mol. The van der Waals surface area contributed by atoms with E-state index in [-0.39, 0.29) is 11.1 Å². The van der Waals surface area contributed by atoms with Crippen LogP contribution in [0.1, 0.15) is 54.6 Å². The second kappa shape index (κ2) is 12.2. The fraction of sp³-hybridized carbons (Fsp3) is 0.324. The molecule has 3 aromatic heterocycles. The molecule has 1 fully saturated rings. The van der Waals surface area contributed by atoms with Gasteiger partial charge in [-0.1, -0.05) is 18.2 Å². The summed E-state index contributed by atoms with van der Waals surface area (Å²) in [6, 6.07) is 10.3. The van der Waals surface area contributed by atoms with E-state index in [9.17, 15) is 33.9 Å². The third kappa shape index (κ3) is 5.02. The first-order valence-electron chi connectivity index (χ1n) is 15.5. The van der Waals surface area contributed by atoms with E-state index in [1.54, 1.807) is 47.2 Å². The van der Waals surface area contributed by atoms with Crippen molar-refractivity contribution < 1.29 is 57.6 Å². The quantitative estimate of drug-likeness (QED) is 0.144. The van der Waals surface area contributed by atoms with Gasteiger partial charge in [-0.05, 0) is 18.2 Å². The van der Waals surface area contributed by atoms with Gasteiger partial charge in [0.15, 0.2) is 24.5 Å². The third-order valence-corrected chi connectivity index (χ3v) is 8.75. The first-order chi connectivity index (χ1) is 23.9. The molecule has 0 spiro atoms. The molecule has 5 aromatic rings. The summed E-state index contributed by atoms with van der Waals surface area (Å²) in [5, 5.41) is 11.8. The second-order valence-electron chi connectivity index (χ2n) is 11.9. The molecule has 2 aliphatic rings. The first kappa shape index (κ1) is 32.7. The second-order valence-corrected chi connectivity index (χ2v) is 11.9. The van der Waals surface area contributed by atoms with Crippen LogP contribution in [0.5, 0.6) is 0 Å². The smallest absolute Gasteiger partial charge is 0.303 e. The summed E-state index contributed by atoms with van der Waals surface area (Å²) in [5.74, 6) is -4.47. The molecule has 0 bridgehead atoms. The first-order valence-corrected chi connectivity index (χ1v) is 15.5. The maximum Gasteiger partial charge on any atom is 0.303 e. The molecule has 50 heavy (non-hydrogen) atoms. The van der Waals surface area contributed by atoms with Gasteiger partial charge in [0.25, 0.3) is 11.8 Å². The zero-order valence-corrected chi connectivity index (χ0v) is 27.1. The number of amides is 2. The van der Waals surface area contributed by atoms with E-state index < -0.39 is 79.7 Å². The molecule has 5 atom stereocenters. The molecule has 1 saturated heterocycles. The zero-order chi connectivity index (χ0) is 35.6. The van der Waals surface area contributed by atoms with Gasteiger partial charge in [-0.3, -0.25) is 33.7 Å². The van der Waals surface area contributed by atoms with Crippen LogP contribution in [0.2, 0.25) is 0 Å². The summed E-state index contributed by atoms with van der Waals surface area (Å²) in [6.07, 6.45) is -5.45. The molecule has 258 valence electrons. The fourth-order valence-electron chi connectivity index (χ4n) is 7.07. The molecule has 0 aliphatic carbocycles. The van der Waals surface area contributed by atoms with Crippen LogP contribution in [0.25, 0.3) is 43.7 Å². The number of hydrogen-bond donors (Lipinski definition) is 2. The van der Waals surface area contributed by atoms with Gasteiger partial charge in [0.1, 0.15) is 25.1 Å². The van der Waals surface area contributed by atoms with Gasteiger partial charge in [-0.2, -0.15) is 0 Å². The highest BCUT2D eigenvalue weighted by Gasteiger charge is 2.54. The molecule has 5 heterocycles. The number of ether oxygens (including phenoxy) is 5. The van der Waals surface area contributed by atoms with Crippen LogP contribution in [0.3, 0.4) is 0 Å². The molecule has 16 nitrogen and oxygen atoms in total. The predicted molar refractivity (Wildman–Crippen MR) is 171 cm³/mol. The summed E-state index contributed by atoms with van der Waals surface area (Å²) in [5.41, 5.74) is 1.59. The minimum Gasteiger partial charge on any atom is -0.463 e. The monoisotopic (exact) mass is 686 g/mol. The van der Waals surface area contributed by atoms with Gasteiger partial charge in [-0.25, -0.2) is 4.98 Å². The molecule has 2 N–H and O–H groups in total. The summed E-state index contributed by atoms with van der Waals surface area (Å²) in [4.78, 5) is 85.8. The topological polar surface area (TPSA) is 206 Å². The summed E-state index contributed by atoms with van der Waals surface area (Å²) >= 11 is 0. The van der Waals surface area contributed by atoms with Crippen molar-refractivity contribution in [1.29, 1.82) is 0 Å². The molecule has 7 rings (SSSR count). The van der Waals surface area contributed by atoms with Crippen LogP contribution in [0.4, 0.5) is 0 Å². The number of benzene rings is 2. The van der Waals surface area contributed by atoms with Crippen molar-refractivity contribution in [1.82, 2.24) is 19.4 Å². The largest absolute Gasteiger partial charge is 0.463 e. The number of aromatic amines is 1. The molecular weight excluding hydrogens is 656 g/mol. The van der Waals surface area contributed by atoms with Gasteiger partial charge >= 0.3 is 23.9 Å². The van der Waals surface area contributed by atoms with Gasteiger partial charge in [0, 0.05) is 55.4 Å². The Bertz CT molecular complexity index is 2290. The van der Waals surface area contributed by atoms with Gasteiger partial charge < -0.3 is 38.3 Å². The Morgan fingerprint density at radius 3 is 2.10 bits per heavy atom. The lowest BCUT2D eigenvalue weighted by Crippen LogP contribution is -2.60. The Labute approximate surface area is 281 Å². The maximum atomic E-state index is 14.0. The minimum atomic E-state index is -1.48. The van der Waals surface area contributed by atoms with Crippen molar-refractivity contribution in [3.63, 3.8) is 0 Å². The molecule has 0 saturated carbocycles. The number of nitrogens with zero attached hydrogens (tertiary/aromatic N) is 3. The number of carbonyl (C=O) groups is 6. The Morgan fingerprint density at radius 2 is 1.44 bits per heavy atom. The Kier molecular flexibility index (Phi) is 7.99. The number of aromatic nitrogens is 3. The molecule has 2 aliphatic heterocycles. The van der Waals surface area contributed by atoms with Gasteiger partial charge in [0.2, 0.25) is 0 Å². The number of nitrogens with one attached hydrogen (secondary N) is 1. The number of hydrogen-bond acceptors (Lipinski definition) is 13. The van der Waals surface area contributed by atoms with E-state index in [4.69, 9.17) is 23.7 Å². The highest BCUT2D eigenvalue weighted by Crippen LogP contribution is 2.47. The number of para-hydroxylation sites is 1. The van der Waals surface area contributed by atoms with Crippen molar-refractivity contribution in [2.45, 2.75) is 58.3 Å². The lowest BCUT2D eigenvalue weighted by Gasteiger charge is -2.45. The normalized spacial score (nSPS) is 21.9. The molecule has 2 amide bonds. The number of H-pyrrole nitrogens is 1. The summed E-state index contributed by atoms with van der Waals surface area (Å²) in [6.45, 7) is 3.25. The molecule has 0 radical (unpaired) electrons. The summed E-state index contributed by atoms with van der Waals surface area (Å²) < 4.78 is 30.6. The number of fused-ring (bicyclic) bond motifs is 10. The Morgan fingerprint density at radius 1 is 0.820 bits per heavy atom. The van der Waals surface area contributed by atoms with Crippen LogP contribution >= 0.6 is 0 Å². The SMILES string of the molecule is CC(=O)OC[C@H]1OC(n2c3ccccc3c3c4c(c5c6cccnc6[nH]c5c32)C(=O)N(CO)C4=O)[C@H](OC(C)=O)[C@@H](OC(C)=O)[C@@H]1OC(C)=O. The average Bonchev–Trinajstić information content (AvgIpc) is 3.68.